The Morgan fingerprint density at radius 1 is 1.13 bits per heavy atom. The van der Waals surface area contributed by atoms with Crippen LogP contribution in [-0.4, -0.2) is 87.2 Å². The minimum atomic E-state index is -0.988. The summed E-state index contributed by atoms with van der Waals surface area (Å²) in [5.41, 5.74) is 0.861. The third-order valence-corrected chi connectivity index (χ3v) is 10.4. The normalized spacial score (nSPS) is 25.9. The zero-order valence-corrected chi connectivity index (χ0v) is 25.1. The number of aromatic nitrogens is 3. The molecule has 8 rings (SSSR count). The first-order valence-electron chi connectivity index (χ1n) is 15.2. The fourth-order valence-electron chi connectivity index (χ4n) is 7.91. The first-order valence-corrected chi connectivity index (χ1v) is 15.6. The minimum Gasteiger partial charge on any atom is -0.461 e. The van der Waals surface area contributed by atoms with Crippen LogP contribution in [0.5, 0.6) is 6.01 Å². The van der Waals surface area contributed by atoms with Crippen molar-refractivity contribution in [3.05, 3.63) is 66.0 Å². The van der Waals surface area contributed by atoms with Crippen LogP contribution in [0.1, 0.15) is 25.7 Å². The highest BCUT2D eigenvalue weighted by molar-refractivity contribution is 6.36. The molecular weight excluding hydrogens is 605 g/mol. The van der Waals surface area contributed by atoms with Gasteiger partial charge in [-0.05, 0) is 44.0 Å². The average Bonchev–Trinajstić information content (AvgIpc) is 3.65. The minimum absolute atomic E-state index is 0.110. The van der Waals surface area contributed by atoms with Crippen LogP contribution >= 0.6 is 11.6 Å². The largest absolute Gasteiger partial charge is 0.461 e. The van der Waals surface area contributed by atoms with E-state index in [1.165, 1.54) is 11.0 Å². The van der Waals surface area contributed by atoms with Gasteiger partial charge < -0.3 is 14.5 Å². The third-order valence-electron chi connectivity index (χ3n) is 10.1. The molecule has 0 saturated carbocycles. The maximum atomic E-state index is 16.1. The molecule has 4 aromatic rings. The maximum Gasteiger partial charge on any atom is 0.319 e. The summed E-state index contributed by atoms with van der Waals surface area (Å²) in [4.78, 5) is 31.9. The van der Waals surface area contributed by atoms with Crippen molar-refractivity contribution in [3.8, 4) is 17.1 Å². The van der Waals surface area contributed by atoms with E-state index < -0.39 is 29.3 Å². The molecule has 45 heavy (non-hydrogen) atoms. The molecule has 2 aromatic carbocycles. The number of nitrogens with zero attached hydrogens (tertiary/aromatic N) is 6. The van der Waals surface area contributed by atoms with E-state index in [2.05, 4.69) is 16.5 Å². The van der Waals surface area contributed by atoms with Crippen LogP contribution in [0.25, 0.3) is 32.8 Å². The van der Waals surface area contributed by atoms with Crippen molar-refractivity contribution in [1.82, 2.24) is 24.8 Å². The molecule has 2 aromatic heterocycles. The quantitative estimate of drug-likeness (QED) is 0.246. The molecule has 4 aliphatic heterocycles. The van der Waals surface area contributed by atoms with Crippen LogP contribution in [-0.2, 0) is 4.79 Å². The van der Waals surface area contributed by atoms with Gasteiger partial charge in [0.15, 0.2) is 5.83 Å². The lowest BCUT2D eigenvalue weighted by Gasteiger charge is -2.47. The van der Waals surface area contributed by atoms with Gasteiger partial charge in [0.05, 0.1) is 23.1 Å². The molecule has 6 heterocycles. The van der Waals surface area contributed by atoms with Gasteiger partial charge >= 0.3 is 6.01 Å². The zero-order valence-electron chi connectivity index (χ0n) is 24.4. The molecule has 8 nitrogen and oxygen atoms in total. The number of pyridine rings is 1. The molecule has 0 bridgehead atoms. The van der Waals surface area contributed by atoms with Crippen LogP contribution in [0.15, 0.2) is 55.1 Å². The number of likely N-dealkylation sites (tertiary alicyclic amines) is 1. The summed E-state index contributed by atoms with van der Waals surface area (Å²) >= 11 is 6.57. The van der Waals surface area contributed by atoms with E-state index >= 15 is 4.39 Å². The maximum absolute atomic E-state index is 16.1. The number of benzene rings is 2. The highest BCUT2D eigenvalue weighted by Gasteiger charge is 2.51. The molecule has 232 valence electrons. The van der Waals surface area contributed by atoms with Crippen molar-refractivity contribution < 1.29 is 22.7 Å². The monoisotopic (exact) mass is 634 g/mol. The number of carbonyl (C=O) groups is 1. The lowest BCUT2D eigenvalue weighted by Crippen LogP contribution is -2.63. The Morgan fingerprint density at radius 2 is 2.00 bits per heavy atom. The van der Waals surface area contributed by atoms with Gasteiger partial charge in [-0.3, -0.25) is 14.7 Å². The number of alkyl halides is 1. The Kier molecular flexibility index (Phi) is 6.69. The van der Waals surface area contributed by atoms with Crippen molar-refractivity contribution in [3.63, 3.8) is 0 Å². The van der Waals surface area contributed by atoms with Crippen molar-refractivity contribution in [2.24, 2.45) is 0 Å². The second kappa shape index (κ2) is 10.6. The number of hydrogen-bond donors (Lipinski definition) is 0. The van der Waals surface area contributed by atoms with E-state index in [1.54, 1.807) is 24.5 Å². The number of amides is 1. The molecule has 1 amide bonds. The average molecular weight is 635 g/mol. The van der Waals surface area contributed by atoms with Crippen LogP contribution in [0, 0.1) is 5.82 Å². The van der Waals surface area contributed by atoms with Crippen molar-refractivity contribution >= 4 is 45.0 Å². The highest BCUT2D eigenvalue weighted by Crippen LogP contribution is 2.43. The highest BCUT2D eigenvalue weighted by atomic mass is 35.5. The molecule has 0 radical (unpaired) electrons. The van der Waals surface area contributed by atoms with Gasteiger partial charge in [-0.15, -0.1) is 0 Å². The van der Waals surface area contributed by atoms with E-state index in [0.29, 0.717) is 65.2 Å². The Bertz CT molecular complexity index is 1890. The molecule has 0 aliphatic carbocycles. The van der Waals surface area contributed by atoms with Gasteiger partial charge in [0.2, 0.25) is 0 Å². The Morgan fingerprint density at radius 3 is 2.84 bits per heavy atom. The molecule has 4 aliphatic rings. The van der Waals surface area contributed by atoms with E-state index in [1.807, 2.05) is 17.0 Å². The fourth-order valence-corrected chi connectivity index (χ4v) is 8.20. The van der Waals surface area contributed by atoms with E-state index in [4.69, 9.17) is 26.3 Å². The van der Waals surface area contributed by atoms with Gasteiger partial charge in [0.1, 0.15) is 24.4 Å². The summed E-state index contributed by atoms with van der Waals surface area (Å²) in [5, 5.41) is 2.41. The van der Waals surface area contributed by atoms with Gasteiger partial charge in [-0.1, -0.05) is 30.3 Å². The van der Waals surface area contributed by atoms with E-state index in [-0.39, 0.29) is 30.3 Å². The SMILES string of the molecule is C=C(F)C(=O)N1CC[C@@H]2[C@H]1CN2c1nc(OC[C@@]23CCCN2C[C@H](F)C3)nc2cc(-c3cncc4cccc(Cl)c34)c(F)cc12. The second-order valence-corrected chi connectivity index (χ2v) is 13.0. The molecule has 0 N–H and O–H groups in total. The van der Waals surface area contributed by atoms with Crippen LogP contribution in [0.2, 0.25) is 5.02 Å². The summed E-state index contributed by atoms with van der Waals surface area (Å²) < 4.78 is 50.5. The molecule has 0 unspecified atom stereocenters. The summed E-state index contributed by atoms with van der Waals surface area (Å²) in [6.07, 6.45) is 5.17. The summed E-state index contributed by atoms with van der Waals surface area (Å²) in [7, 11) is 0. The molecule has 4 saturated heterocycles. The third kappa shape index (κ3) is 4.53. The van der Waals surface area contributed by atoms with Gasteiger partial charge in [0, 0.05) is 70.8 Å². The molecular formula is C33H30ClF3N6O2. The van der Waals surface area contributed by atoms with Gasteiger partial charge in [-0.25, -0.2) is 13.2 Å². The first kappa shape index (κ1) is 28.5. The molecule has 12 heteroatoms. The van der Waals surface area contributed by atoms with Crippen LogP contribution < -0.4 is 9.64 Å². The number of anilines is 1. The van der Waals surface area contributed by atoms with Crippen molar-refractivity contribution in [1.29, 1.82) is 0 Å². The molecule has 4 atom stereocenters. The second-order valence-electron chi connectivity index (χ2n) is 12.5. The number of carbonyl (C=O) groups excluding carboxylic acids is 1. The molecule has 0 spiro atoms. The summed E-state index contributed by atoms with van der Waals surface area (Å²) in [6, 6.07) is 8.28. The standard InChI is InChI=1S/C33H30ClF3N6O2/c1-18(35)31(44)42-9-6-27-28(42)16-43(27)30-22-10-25(37)21(23-14-38-13-19-4-2-5-24(34)29(19)23)11-26(22)39-32(40-30)45-17-33-7-3-8-41(33)15-20(36)12-33/h2,4-5,10-11,13-14,20,27-28H,1,3,6-9,12,15-17H2/t20-,27-,28-,33+/m1/s1. The van der Waals surface area contributed by atoms with Gasteiger partial charge in [0.25, 0.3) is 5.91 Å². The van der Waals surface area contributed by atoms with Crippen molar-refractivity contribution in [2.75, 3.05) is 37.7 Å². The number of hydrogen-bond acceptors (Lipinski definition) is 7. The first-order chi connectivity index (χ1) is 21.7. The number of fused-ring (bicyclic) bond motifs is 4. The zero-order chi connectivity index (χ0) is 31.0. The van der Waals surface area contributed by atoms with Crippen molar-refractivity contribution in [2.45, 2.75) is 49.5 Å². The predicted octanol–water partition coefficient (Wildman–Crippen LogP) is 5.87. The van der Waals surface area contributed by atoms with Gasteiger partial charge in [-0.2, -0.15) is 9.97 Å². The van der Waals surface area contributed by atoms with Crippen LogP contribution in [0.3, 0.4) is 0 Å². The number of halogens is 4. The summed E-state index contributed by atoms with van der Waals surface area (Å²) in [6.45, 7) is 5.41. The van der Waals surface area contributed by atoms with Crippen LogP contribution in [0.4, 0.5) is 19.0 Å². The molecule has 4 fully saturated rings. The lowest BCUT2D eigenvalue weighted by atomic mass is 9.95. The topological polar surface area (TPSA) is 74.7 Å². The predicted molar refractivity (Wildman–Crippen MR) is 165 cm³/mol. The van der Waals surface area contributed by atoms with E-state index in [0.717, 1.165) is 24.8 Å². The Hall–Kier alpha value is -3.96. The fraction of sp³-hybridized carbons (Fsp3) is 0.394. The summed E-state index contributed by atoms with van der Waals surface area (Å²) in [5.74, 6) is -1.72. The number of ether oxygens (including phenoxy) is 1. The lowest BCUT2D eigenvalue weighted by molar-refractivity contribution is -0.130. The smallest absolute Gasteiger partial charge is 0.319 e. The Labute approximate surface area is 262 Å². The number of rotatable bonds is 6. The Balaban J connectivity index is 1.21. The van der Waals surface area contributed by atoms with E-state index in [9.17, 15) is 13.6 Å².